The predicted octanol–water partition coefficient (Wildman–Crippen LogP) is 3.19. The highest BCUT2D eigenvalue weighted by molar-refractivity contribution is 5.58. The highest BCUT2D eigenvalue weighted by atomic mass is 16.3. The zero-order chi connectivity index (χ0) is 15.1. The molecule has 1 aliphatic heterocycles. The number of rotatable bonds is 5. The van der Waals surface area contributed by atoms with Crippen molar-refractivity contribution in [3.05, 3.63) is 48.2 Å². The molecule has 1 unspecified atom stereocenters. The van der Waals surface area contributed by atoms with Gasteiger partial charge in [-0.25, -0.2) is 0 Å². The minimum atomic E-state index is 0.940. The molecule has 3 nitrogen and oxygen atoms in total. The number of benzene rings is 1. The fourth-order valence-corrected chi connectivity index (χ4v) is 4.08. The summed E-state index contributed by atoms with van der Waals surface area (Å²) in [5.74, 6) is 3.78. The highest BCUT2D eigenvalue weighted by Crippen LogP contribution is 2.52. The van der Waals surface area contributed by atoms with Crippen LogP contribution in [0.2, 0.25) is 0 Å². The van der Waals surface area contributed by atoms with Gasteiger partial charge in [-0.15, -0.1) is 0 Å². The Morgan fingerprint density at radius 3 is 2.64 bits per heavy atom. The lowest BCUT2D eigenvalue weighted by Gasteiger charge is -2.21. The molecule has 0 amide bonds. The molecule has 0 radical (unpaired) electrons. The molecule has 3 heteroatoms. The Hall–Kier alpha value is -1.58. The molecule has 2 aliphatic rings. The molecule has 1 aliphatic carbocycles. The first-order chi connectivity index (χ1) is 10.7. The minimum absolute atomic E-state index is 0.940. The van der Waals surface area contributed by atoms with Gasteiger partial charge in [-0.1, -0.05) is 18.2 Å². The fraction of sp³-hybridized carbons (Fsp3) is 0.474. The average molecular weight is 296 g/mol. The van der Waals surface area contributed by atoms with Gasteiger partial charge in [-0.2, -0.15) is 0 Å². The van der Waals surface area contributed by atoms with E-state index in [2.05, 4.69) is 48.2 Å². The van der Waals surface area contributed by atoms with Crippen molar-refractivity contribution in [2.24, 2.45) is 17.8 Å². The largest absolute Gasteiger partial charge is 0.464 e. The van der Waals surface area contributed by atoms with E-state index >= 15 is 0 Å². The van der Waals surface area contributed by atoms with Crippen molar-refractivity contribution in [1.29, 1.82) is 0 Å². The van der Waals surface area contributed by atoms with Crippen LogP contribution in [0.1, 0.15) is 5.56 Å². The number of hydrogen-bond acceptors (Lipinski definition) is 3. The van der Waals surface area contributed by atoms with E-state index in [9.17, 15) is 0 Å². The summed E-state index contributed by atoms with van der Waals surface area (Å²) in [4.78, 5) is 4.95. The minimum Gasteiger partial charge on any atom is -0.464 e. The van der Waals surface area contributed by atoms with E-state index < -0.39 is 0 Å². The van der Waals surface area contributed by atoms with Crippen molar-refractivity contribution >= 4 is 0 Å². The molecule has 0 spiro atoms. The number of likely N-dealkylation sites (tertiary alicyclic amines) is 1. The van der Waals surface area contributed by atoms with Gasteiger partial charge in [0.05, 0.1) is 6.26 Å². The van der Waals surface area contributed by atoms with E-state index in [4.69, 9.17) is 4.42 Å². The van der Waals surface area contributed by atoms with Crippen LogP contribution in [-0.4, -0.2) is 43.5 Å². The molecule has 1 saturated heterocycles. The zero-order valence-corrected chi connectivity index (χ0v) is 13.4. The standard InChI is InChI=1S/C19H24N2O/c1-20(2)11-16-17-12-21(13-18(16)17)10-14-5-3-6-15(9-14)19-7-4-8-22-19/h3-9,16-18H,10-13H2,1-2H3/t16?,17-,18+. The van der Waals surface area contributed by atoms with Gasteiger partial charge in [-0.3, -0.25) is 4.90 Å². The Balaban J connectivity index is 1.37. The molecule has 116 valence electrons. The third-order valence-corrected chi connectivity index (χ3v) is 5.16. The van der Waals surface area contributed by atoms with Crippen LogP contribution in [0.5, 0.6) is 0 Å². The summed E-state index contributed by atoms with van der Waals surface area (Å²) in [5, 5.41) is 0. The van der Waals surface area contributed by atoms with E-state index in [1.165, 1.54) is 30.8 Å². The molecular formula is C19H24N2O. The molecule has 2 aromatic rings. The Morgan fingerprint density at radius 1 is 1.14 bits per heavy atom. The molecule has 3 atom stereocenters. The van der Waals surface area contributed by atoms with Gasteiger partial charge in [-0.05, 0) is 55.6 Å². The number of hydrogen-bond donors (Lipinski definition) is 0. The molecule has 0 N–H and O–H groups in total. The van der Waals surface area contributed by atoms with Crippen LogP contribution in [0.15, 0.2) is 47.1 Å². The van der Waals surface area contributed by atoms with Gasteiger partial charge in [0.2, 0.25) is 0 Å². The first-order valence-corrected chi connectivity index (χ1v) is 8.20. The SMILES string of the molecule is CN(C)CC1[C@H]2CN(Cc3cccc(-c4ccco4)c3)C[C@@H]12. The lowest BCUT2D eigenvalue weighted by Crippen LogP contribution is -2.27. The van der Waals surface area contributed by atoms with Gasteiger partial charge in [0.25, 0.3) is 0 Å². The summed E-state index contributed by atoms with van der Waals surface area (Å²) < 4.78 is 5.50. The molecule has 22 heavy (non-hydrogen) atoms. The Labute approximate surface area is 132 Å². The van der Waals surface area contributed by atoms with Crippen molar-refractivity contribution in [3.63, 3.8) is 0 Å². The molecule has 1 aromatic heterocycles. The zero-order valence-electron chi connectivity index (χ0n) is 13.4. The monoisotopic (exact) mass is 296 g/mol. The predicted molar refractivity (Wildman–Crippen MR) is 88.4 cm³/mol. The second-order valence-corrected chi connectivity index (χ2v) is 7.13. The Bertz CT molecular complexity index is 623. The number of piperidine rings is 1. The smallest absolute Gasteiger partial charge is 0.133 e. The van der Waals surface area contributed by atoms with Gasteiger partial charge in [0, 0.05) is 31.7 Å². The van der Waals surface area contributed by atoms with Crippen molar-refractivity contribution in [1.82, 2.24) is 9.80 Å². The molecule has 4 rings (SSSR count). The third kappa shape index (κ3) is 2.71. The molecule has 2 fully saturated rings. The van der Waals surface area contributed by atoms with Crippen LogP contribution in [-0.2, 0) is 6.54 Å². The summed E-state index contributed by atoms with van der Waals surface area (Å²) in [6.07, 6.45) is 1.74. The lowest BCUT2D eigenvalue weighted by atomic mass is 10.1. The summed E-state index contributed by atoms with van der Waals surface area (Å²) in [7, 11) is 4.37. The first-order valence-electron chi connectivity index (χ1n) is 8.20. The molecule has 2 heterocycles. The maximum atomic E-state index is 5.50. The lowest BCUT2D eigenvalue weighted by molar-refractivity contribution is 0.258. The van der Waals surface area contributed by atoms with Crippen molar-refractivity contribution < 1.29 is 4.42 Å². The van der Waals surface area contributed by atoms with Crippen molar-refractivity contribution in [2.45, 2.75) is 6.54 Å². The Kier molecular flexibility index (Phi) is 3.55. The first kappa shape index (κ1) is 14.0. The third-order valence-electron chi connectivity index (χ3n) is 5.16. The van der Waals surface area contributed by atoms with Crippen LogP contribution in [0.4, 0.5) is 0 Å². The maximum absolute atomic E-state index is 5.50. The van der Waals surface area contributed by atoms with Crippen molar-refractivity contribution in [2.75, 3.05) is 33.7 Å². The van der Waals surface area contributed by atoms with E-state index in [1.807, 2.05) is 12.1 Å². The second kappa shape index (κ2) is 5.56. The van der Waals surface area contributed by atoms with Crippen LogP contribution in [0.3, 0.4) is 0 Å². The second-order valence-electron chi connectivity index (χ2n) is 7.13. The quantitative estimate of drug-likeness (QED) is 0.845. The molecule has 1 aromatic carbocycles. The van der Waals surface area contributed by atoms with Crippen molar-refractivity contribution in [3.8, 4) is 11.3 Å². The summed E-state index contributed by atoms with van der Waals surface area (Å²) in [5.41, 5.74) is 2.57. The number of nitrogens with zero attached hydrogens (tertiary/aromatic N) is 2. The fourth-order valence-electron chi connectivity index (χ4n) is 4.08. The van der Waals surface area contributed by atoms with E-state index in [0.717, 1.165) is 30.1 Å². The molecular weight excluding hydrogens is 272 g/mol. The van der Waals surface area contributed by atoms with Gasteiger partial charge < -0.3 is 9.32 Å². The summed E-state index contributed by atoms with van der Waals surface area (Å²) >= 11 is 0. The van der Waals surface area contributed by atoms with Gasteiger partial charge in [0.15, 0.2) is 0 Å². The van der Waals surface area contributed by atoms with Crippen LogP contribution in [0, 0.1) is 17.8 Å². The Morgan fingerprint density at radius 2 is 1.95 bits per heavy atom. The van der Waals surface area contributed by atoms with Crippen LogP contribution in [0.25, 0.3) is 11.3 Å². The molecule has 0 bridgehead atoms. The summed E-state index contributed by atoms with van der Waals surface area (Å²) in [6.45, 7) is 4.87. The highest BCUT2D eigenvalue weighted by Gasteiger charge is 2.54. The van der Waals surface area contributed by atoms with Crippen LogP contribution < -0.4 is 0 Å². The topological polar surface area (TPSA) is 19.6 Å². The maximum Gasteiger partial charge on any atom is 0.133 e. The van der Waals surface area contributed by atoms with E-state index in [1.54, 1.807) is 6.26 Å². The van der Waals surface area contributed by atoms with E-state index in [0.29, 0.717) is 0 Å². The van der Waals surface area contributed by atoms with E-state index in [-0.39, 0.29) is 0 Å². The molecule has 1 saturated carbocycles. The number of fused-ring (bicyclic) bond motifs is 1. The van der Waals surface area contributed by atoms with Gasteiger partial charge in [0.1, 0.15) is 5.76 Å². The number of furan rings is 1. The normalized spacial score (nSPS) is 27.3. The van der Waals surface area contributed by atoms with Crippen LogP contribution >= 0.6 is 0 Å². The van der Waals surface area contributed by atoms with Gasteiger partial charge >= 0.3 is 0 Å². The average Bonchev–Trinajstić information content (AvgIpc) is 2.95. The summed E-state index contributed by atoms with van der Waals surface area (Å²) in [6, 6.07) is 12.7.